The van der Waals surface area contributed by atoms with Crippen LogP contribution in [0.5, 0.6) is 0 Å². The summed E-state index contributed by atoms with van der Waals surface area (Å²) in [6.45, 7) is 3.11. The molecule has 4 rings (SSSR count). The van der Waals surface area contributed by atoms with Crippen molar-refractivity contribution in [2.45, 2.75) is 38.6 Å². The maximum Gasteiger partial charge on any atom is 0.258 e. The quantitative estimate of drug-likeness (QED) is 0.786. The summed E-state index contributed by atoms with van der Waals surface area (Å²) in [5.74, 6) is -0.345. The van der Waals surface area contributed by atoms with Gasteiger partial charge in [0.05, 0.1) is 11.9 Å². The van der Waals surface area contributed by atoms with Gasteiger partial charge in [-0.1, -0.05) is 25.5 Å². The number of sulfonamides is 1. The predicted octanol–water partition coefficient (Wildman–Crippen LogP) is 2.96. The third kappa shape index (κ3) is 3.40. The molecular formula is C21H25N3O4S. The highest BCUT2D eigenvalue weighted by Gasteiger charge is 2.37. The van der Waals surface area contributed by atoms with Gasteiger partial charge in [-0.15, -0.1) is 0 Å². The molecule has 1 atom stereocenters. The van der Waals surface area contributed by atoms with Crippen molar-refractivity contribution < 1.29 is 18.0 Å². The number of nitrogens with zero attached hydrogens (tertiary/aromatic N) is 2. The van der Waals surface area contributed by atoms with Crippen LogP contribution in [-0.2, 0) is 14.8 Å². The number of rotatable bonds is 6. The summed E-state index contributed by atoms with van der Waals surface area (Å²) >= 11 is 0. The fourth-order valence-corrected chi connectivity index (χ4v) is 5.43. The standard InChI is InChI=1S/C21H25N3O4S/c1-3-4-12-23-17-11-10-16(14-7-5-8-15(19(14)17)21(23)26)22-20(25)18-9-6-13-24(18)29(2,27)28/h5,7-8,10-11,18H,3-4,6,9,12-13H2,1-2H3,(H,22,25). The Balaban J connectivity index is 1.68. The average Bonchev–Trinajstić information content (AvgIpc) is 3.28. The minimum atomic E-state index is -3.44. The Bertz CT molecular complexity index is 1100. The fraction of sp³-hybridized carbons (Fsp3) is 0.429. The van der Waals surface area contributed by atoms with Crippen LogP contribution in [-0.4, -0.2) is 49.9 Å². The summed E-state index contributed by atoms with van der Waals surface area (Å²) in [6.07, 6.45) is 4.21. The third-order valence-corrected chi connectivity index (χ3v) is 7.00. The number of carbonyl (C=O) groups is 2. The Hall–Kier alpha value is -2.45. The molecule has 0 radical (unpaired) electrons. The van der Waals surface area contributed by atoms with Crippen LogP contribution in [0.4, 0.5) is 11.4 Å². The van der Waals surface area contributed by atoms with Crippen LogP contribution in [0, 0.1) is 0 Å². The van der Waals surface area contributed by atoms with E-state index in [9.17, 15) is 18.0 Å². The molecule has 8 heteroatoms. The first-order valence-corrected chi connectivity index (χ1v) is 11.8. The smallest absolute Gasteiger partial charge is 0.258 e. The summed E-state index contributed by atoms with van der Waals surface area (Å²) in [6, 6.07) is 8.49. The Morgan fingerprint density at radius 3 is 2.76 bits per heavy atom. The largest absolute Gasteiger partial charge is 0.324 e. The Morgan fingerprint density at radius 1 is 1.24 bits per heavy atom. The van der Waals surface area contributed by atoms with Crippen LogP contribution in [0.25, 0.3) is 10.8 Å². The van der Waals surface area contributed by atoms with Gasteiger partial charge < -0.3 is 10.2 Å². The zero-order valence-corrected chi connectivity index (χ0v) is 17.5. The molecular weight excluding hydrogens is 390 g/mol. The van der Waals surface area contributed by atoms with Crippen molar-refractivity contribution in [3.05, 3.63) is 35.9 Å². The van der Waals surface area contributed by atoms with E-state index in [0.29, 0.717) is 37.2 Å². The van der Waals surface area contributed by atoms with Gasteiger partial charge in [0.15, 0.2) is 0 Å². The number of carbonyl (C=O) groups excluding carboxylic acids is 2. The highest BCUT2D eigenvalue weighted by Crippen LogP contribution is 2.41. The molecule has 2 aliphatic heterocycles. The highest BCUT2D eigenvalue weighted by molar-refractivity contribution is 7.88. The number of amides is 2. The Morgan fingerprint density at radius 2 is 2.03 bits per heavy atom. The van der Waals surface area contributed by atoms with Gasteiger partial charge in [-0.25, -0.2) is 8.42 Å². The molecule has 154 valence electrons. The van der Waals surface area contributed by atoms with Gasteiger partial charge in [-0.3, -0.25) is 9.59 Å². The Labute approximate surface area is 170 Å². The van der Waals surface area contributed by atoms with E-state index in [1.165, 1.54) is 4.31 Å². The van der Waals surface area contributed by atoms with E-state index < -0.39 is 16.1 Å². The molecule has 1 saturated heterocycles. The molecule has 1 N–H and O–H groups in total. The predicted molar refractivity (Wildman–Crippen MR) is 114 cm³/mol. The summed E-state index contributed by atoms with van der Waals surface area (Å²) in [4.78, 5) is 27.5. The lowest BCUT2D eigenvalue weighted by atomic mass is 10.0. The second-order valence-corrected chi connectivity index (χ2v) is 9.63. The molecule has 0 aliphatic carbocycles. The highest BCUT2D eigenvalue weighted by atomic mass is 32.2. The maximum absolute atomic E-state index is 12.9. The average molecular weight is 416 g/mol. The molecule has 0 bridgehead atoms. The summed E-state index contributed by atoms with van der Waals surface area (Å²) < 4.78 is 25.2. The molecule has 1 unspecified atom stereocenters. The molecule has 2 aromatic rings. The lowest BCUT2D eigenvalue weighted by Gasteiger charge is -2.22. The van der Waals surface area contributed by atoms with Gasteiger partial charge in [-0.05, 0) is 37.5 Å². The molecule has 7 nitrogen and oxygen atoms in total. The lowest BCUT2D eigenvalue weighted by Crippen LogP contribution is -2.42. The van der Waals surface area contributed by atoms with Gasteiger partial charge in [0.25, 0.3) is 5.91 Å². The number of hydrogen-bond donors (Lipinski definition) is 1. The molecule has 2 aromatic carbocycles. The summed E-state index contributed by atoms with van der Waals surface area (Å²) in [5.41, 5.74) is 2.11. The van der Waals surface area contributed by atoms with Gasteiger partial charge in [0, 0.05) is 35.1 Å². The Kier molecular flexibility index (Phi) is 5.08. The van der Waals surface area contributed by atoms with Crippen LogP contribution in [0.3, 0.4) is 0 Å². The van der Waals surface area contributed by atoms with Crippen molar-refractivity contribution in [1.29, 1.82) is 0 Å². The zero-order valence-electron chi connectivity index (χ0n) is 16.6. The fourth-order valence-electron chi connectivity index (χ4n) is 4.31. The molecule has 0 spiro atoms. The number of nitrogens with one attached hydrogen (secondary N) is 1. The second-order valence-electron chi connectivity index (χ2n) is 7.69. The van der Waals surface area contributed by atoms with Crippen LogP contribution in [0.15, 0.2) is 30.3 Å². The van der Waals surface area contributed by atoms with E-state index in [4.69, 9.17) is 0 Å². The topological polar surface area (TPSA) is 86.8 Å². The molecule has 29 heavy (non-hydrogen) atoms. The first kappa shape index (κ1) is 19.8. The maximum atomic E-state index is 12.9. The van der Waals surface area contributed by atoms with Crippen LogP contribution in [0.2, 0.25) is 0 Å². The van der Waals surface area contributed by atoms with Crippen LogP contribution in [0.1, 0.15) is 43.0 Å². The van der Waals surface area contributed by atoms with Crippen molar-refractivity contribution >= 4 is 44.0 Å². The normalized spacial score (nSPS) is 19.3. The van der Waals surface area contributed by atoms with Crippen LogP contribution >= 0.6 is 0 Å². The van der Waals surface area contributed by atoms with E-state index in [1.54, 1.807) is 11.0 Å². The van der Waals surface area contributed by atoms with Crippen molar-refractivity contribution in [1.82, 2.24) is 4.31 Å². The van der Waals surface area contributed by atoms with Gasteiger partial charge >= 0.3 is 0 Å². The van der Waals surface area contributed by atoms with Gasteiger partial charge in [0.1, 0.15) is 6.04 Å². The lowest BCUT2D eigenvalue weighted by molar-refractivity contribution is -0.119. The zero-order chi connectivity index (χ0) is 20.8. The summed E-state index contributed by atoms with van der Waals surface area (Å²) in [5, 5.41) is 4.55. The molecule has 0 aromatic heterocycles. The SMILES string of the molecule is CCCCN1C(=O)c2cccc3c(NC(=O)C4CCCN4S(C)(=O)=O)ccc1c23. The molecule has 1 fully saturated rings. The van der Waals surface area contributed by atoms with Crippen molar-refractivity contribution in [2.75, 3.05) is 29.6 Å². The number of unbranched alkanes of at least 4 members (excludes halogenated alkanes) is 1. The minimum Gasteiger partial charge on any atom is -0.324 e. The van der Waals surface area contributed by atoms with E-state index >= 15 is 0 Å². The van der Waals surface area contributed by atoms with Gasteiger partial charge in [-0.2, -0.15) is 4.31 Å². The molecule has 2 amide bonds. The summed E-state index contributed by atoms with van der Waals surface area (Å²) in [7, 11) is -3.44. The van der Waals surface area contributed by atoms with E-state index in [1.807, 2.05) is 24.3 Å². The van der Waals surface area contributed by atoms with Crippen molar-refractivity contribution in [2.24, 2.45) is 0 Å². The minimum absolute atomic E-state index is 0.0124. The number of hydrogen-bond acceptors (Lipinski definition) is 4. The molecule has 0 saturated carbocycles. The van der Waals surface area contributed by atoms with Gasteiger partial charge in [0.2, 0.25) is 15.9 Å². The van der Waals surface area contributed by atoms with Crippen molar-refractivity contribution in [3.63, 3.8) is 0 Å². The molecule has 2 heterocycles. The number of anilines is 2. The first-order valence-electron chi connectivity index (χ1n) is 9.98. The number of benzene rings is 2. The van der Waals surface area contributed by atoms with Crippen LogP contribution < -0.4 is 10.2 Å². The monoisotopic (exact) mass is 415 g/mol. The second kappa shape index (κ2) is 7.42. The first-order chi connectivity index (χ1) is 13.8. The van der Waals surface area contributed by atoms with E-state index in [2.05, 4.69) is 12.2 Å². The molecule has 2 aliphatic rings. The van der Waals surface area contributed by atoms with E-state index in [0.717, 1.165) is 35.6 Å². The van der Waals surface area contributed by atoms with E-state index in [-0.39, 0.29) is 11.8 Å². The van der Waals surface area contributed by atoms with Crippen molar-refractivity contribution in [3.8, 4) is 0 Å². The third-order valence-electron chi connectivity index (χ3n) is 5.71.